The van der Waals surface area contributed by atoms with Gasteiger partial charge in [-0.3, -0.25) is 9.91 Å². The second kappa shape index (κ2) is 7.48. The van der Waals surface area contributed by atoms with Gasteiger partial charge in [0.15, 0.2) is 0 Å². The van der Waals surface area contributed by atoms with Crippen LogP contribution in [0.1, 0.15) is 0 Å². The summed E-state index contributed by atoms with van der Waals surface area (Å²) in [5.41, 5.74) is 6.12. The highest BCUT2D eigenvalue weighted by molar-refractivity contribution is 5.90. The minimum atomic E-state index is -0.534. The van der Waals surface area contributed by atoms with Crippen LogP contribution in [-0.4, -0.2) is 61.8 Å². The summed E-state index contributed by atoms with van der Waals surface area (Å²) in [6, 6.07) is 4.65. The van der Waals surface area contributed by atoms with Crippen molar-refractivity contribution < 1.29 is 13.9 Å². The number of nitrogens with two attached hydrogens (primary N) is 2. The fourth-order valence-corrected chi connectivity index (χ4v) is 2.83. The molecule has 4 N–H and O–H groups in total. The van der Waals surface area contributed by atoms with Crippen molar-refractivity contribution in [3.05, 3.63) is 36.4 Å². The van der Waals surface area contributed by atoms with Gasteiger partial charge < -0.3 is 20.4 Å². The van der Waals surface area contributed by atoms with Crippen LogP contribution >= 0.6 is 0 Å². The fraction of sp³-hybridized carbons (Fsp3) is 0.375. The number of hydrogen-bond acceptors (Lipinski definition) is 8. The minimum Gasteiger partial charge on any atom is -0.442 e. The van der Waals surface area contributed by atoms with Gasteiger partial charge in [-0.25, -0.2) is 15.0 Å². The van der Waals surface area contributed by atoms with Gasteiger partial charge in [0.25, 0.3) is 0 Å². The summed E-state index contributed by atoms with van der Waals surface area (Å²) >= 11 is 0. The van der Waals surface area contributed by atoms with E-state index >= 15 is 0 Å². The van der Waals surface area contributed by atoms with E-state index in [1.165, 1.54) is 28.4 Å². The predicted molar refractivity (Wildman–Crippen MR) is 96.7 cm³/mol. The summed E-state index contributed by atoms with van der Waals surface area (Å²) in [4.78, 5) is 15.2. The molecule has 0 bridgehead atoms. The van der Waals surface area contributed by atoms with Crippen LogP contribution in [0.25, 0.3) is 0 Å². The zero-order valence-electron chi connectivity index (χ0n) is 14.5. The average molecular weight is 363 g/mol. The molecule has 1 aromatic carbocycles. The zero-order chi connectivity index (χ0) is 18.7. The van der Waals surface area contributed by atoms with Crippen LogP contribution in [0.5, 0.6) is 0 Å². The van der Waals surface area contributed by atoms with E-state index in [0.717, 1.165) is 0 Å². The standard InChI is InChI=1S/C16H22FN7O2/c1-21-6-7-22(11-20-21)15-3-2-12(8-14(15)17)24-10-13(26-16(24)25)9-23(19)5-4-18/h2-5,8,11,13H,6-7,9-10,18-19H2,1H3/b5-4-. The normalized spacial score (nSPS) is 20.2. The number of hydrogen-bond donors (Lipinski definition) is 2. The van der Waals surface area contributed by atoms with Gasteiger partial charge in [-0.1, -0.05) is 0 Å². The number of carbonyl (C=O) groups is 1. The lowest BCUT2D eigenvalue weighted by Gasteiger charge is -2.28. The Bertz CT molecular complexity index is 727. The van der Waals surface area contributed by atoms with Gasteiger partial charge in [0.2, 0.25) is 0 Å². The quantitative estimate of drug-likeness (QED) is 0.578. The fourth-order valence-electron chi connectivity index (χ4n) is 2.83. The van der Waals surface area contributed by atoms with Crippen molar-refractivity contribution in [3.8, 4) is 0 Å². The molecule has 1 unspecified atom stereocenters. The molecule has 140 valence electrons. The molecule has 1 aromatic rings. The first-order valence-electron chi connectivity index (χ1n) is 8.17. The number of likely N-dealkylation sites (N-methyl/N-ethyl adjacent to an activating group) is 1. The molecule has 2 aliphatic rings. The largest absolute Gasteiger partial charge is 0.442 e. The Labute approximate surface area is 150 Å². The number of ether oxygens (including phenoxy) is 1. The lowest BCUT2D eigenvalue weighted by Crippen LogP contribution is -2.36. The Morgan fingerprint density at radius 1 is 1.46 bits per heavy atom. The number of amides is 1. The molecule has 1 saturated heterocycles. The number of carbonyl (C=O) groups excluding carboxylic acids is 1. The molecule has 2 aliphatic heterocycles. The van der Waals surface area contributed by atoms with E-state index in [1.807, 2.05) is 7.05 Å². The van der Waals surface area contributed by atoms with E-state index in [4.69, 9.17) is 16.3 Å². The average Bonchev–Trinajstić information content (AvgIpc) is 2.96. The van der Waals surface area contributed by atoms with Crippen molar-refractivity contribution in [3.63, 3.8) is 0 Å². The monoisotopic (exact) mass is 363 g/mol. The smallest absolute Gasteiger partial charge is 0.414 e. The van der Waals surface area contributed by atoms with E-state index in [2.05, 4.69) is 5.10 Å². The maximum atomic E-state index is 14.6. The maximum absolute atomic E-state index is 14.6. The molecule has 2 heterocycles. The third kappa shape index (κ3) is 3.80. The number of benzene rings is 1. The highest BCUT2D eigenvalue weighted by atomic mass is 19.1. The summed E-state index contributed by atoms with van der Waals surface area (Å²) in [5.74, 6) is 5.28. The molecule has 1 amide bonds. The third-order valence-electron chi connectivity index (χ3n) is 4.17. The third-order valence-corrected chi connectivity index (χ3v) is 4.17. The minimum absolute atomic E-state index is 0.277. The number of nitrogens with zero attached hydrogens (tertiary/aromatic N) is 5. The van der Waals surface area contributed by atoms with Gasteiger partial charge >= 0.3 is 6.09 Å². The van der Waals surface area contributed by atoms with Crippen LogP contribution in [0.3, 0.4) is 0 Å². The number of rotatable bonds is 5. The predicted octanol–water partition coefficient (Wildman–Crippen LogP) is 0.452. The first-order valence-corrected chi connectivity index (χ1v) is 8.17. The van der Waals surface area contributed by atoms with Gasteiger partial charge in [0.05, 0.1) is 31.0 Å². The SMILES string of the molecule is CN1CCN(c2ccc(N3CC(CN(N)/C=C\N)OC3=O)cc2F)C=N1. The van der Waals surface area contributed by atoms with Gasteiger partial charge in [0.1, 0.15) is 18.3 Å². The summed E-state index contributed by atoms with van der Waals surface area (Å²) in [7, 11) is 1.86. The van der Waals surface area contributed by atoms with Crippen molar-refractivity contribution in [2.45, 2.75) is 6.10 Å². The number of halogens is 1. The van der Waals surface area contributed by atoms with E-state index in [0.29, 0.717) is 24.5 Å². The molecular formula is C16H22FN7O2. The molecule has 0 spiro atoms. The van der Waals surface area contributed by atoms with Crippen LogP contribution in [0.2, 0.25) is 0 Å². The molecule has 0 aromatic heterocycles. The molecular weight excluding hydrogens is 341 g/mol. The van der Waals surface area contributed by atoms with Crippen molar-refractivity contribution in [2.75, 3.05) is 43.0 Å². The zero-order valence-corrected chi connectivity index (χ0v) is 14.5. The Balaban J connectivity index is 1.71. The highest BCUT2D eigenvalue weighted by Crippen LogP contribution is 2.28. The first kappa shape index (κ1) is 17.8. The van der Waals surface area contributed by atoms with Crippen molar-refractivity contribution >= 4 is 23.8 Å². The van der Waals surface area contributed by atoms with Crippen LogP contribution < -0.4 is 21.4 Å². The van der Waals surface area contributed by atoms with Gasteiger partial charge in [-0.05, 0) is 18.2 Å². The van der Waals surface area contributed by atoms with Gasteiger partial charge in [0, 0.05) is 26.0 Å². The van der Waals surface area contributed by atoms with Gasteiger partial charge in [-0.15, -0.1) is 0 Å². The van der Waals surface area contributed by atoms with Gasteiger partial charge in [-0.2, -0.15) is 5.10 Å². The van der Waals surface area contributed by atoms with Crippen LogP contribution in [0.15, 0.2) is 35.7 Å². The highest BCUT2D eigenvalue weighted by Gasteiger charge is 2.33. The van der Waals surface area contributed by atoms with E-state index in [1.54, 1.807) is 28.4 Å². The summed E-state index contributed by atoms with van der Waals surface area (Å²) in [6.45, 7) is 1.89. The number of hydrazine groups is 1. The van der Waals surface area contributed by atoms with E-state index in [-0.39, 0.29) is 13.1 Å². The Hall–Kier alpha value is -3.01. The molecule has 1 fully saturated rings. The van der Waals surface area contributed by atoms with E-state index in [9.17, 15) is 9.18 Å². The molecule has 3 rings (SSSR count). The molecule has 1 atom stereocenters. The Kier molecular flexibility index (Phi) is 5.12. The maximum Gasteiger partial charge on any atom is 0.414 e. The number of cyclic esters (lactones) is 1. The topological polar surface area (TPSA) is 104 Å². The second-order valence-electron chi connectivity index (χ2n) is 6.10. The molecule has 0 saturated carbocycles. The van der Waals surface area contributed by atoms with Crippen molar-refractivity contribution in [1.82, 2.24) is 10.0 Å². The summed E-state index contributed by atoms with van der Waals surface area (Å²) in [5, 5.41) is 7.26. The molecule has 10 heteroatoms. The van der Waals surface area contributed by atoms with Crippen LogP contribution in [0.4, 0.5) is 20.6 Å². The van der Waals surface area contributed by atoms with Crippen molar-refractivity contribution in [1.29, 1.82) is 0 Å². The van der Waals surface area contributed by atoms with Crippen molar-refractivity contribution in [2.24, 2.45) is 16.7 Å². The summed E-state index contributed by atoms with van der Waals surface area (Å²) in [6.07, 6.45) is 3.39. The molecule has 9 nitrogen and oxygen atoms in total. The lowest BCUT2D eigenvalue weighted by atomic mass is 10.2. The summed E-state index contributed by atoms with van der Waals surface area (Å²) < 4.78 is 19.8. The van der Waals surface area contributed by atoms with E-state index < -0.39 is 18.0 Å². The molecule has 0 radical (unpaired) electrons. The lowest BCUT2D eigenvalue weighted by molar-refractivity contribution is 0.122. The molecule has 0 aliphatic carbocycles. The van der Waals surface area contributed by atoms with Crippen LogP contribution in [0, 0.1) is 5.82 Å². The van der Waals surface area contributed by atoms with Crippen LogP contribution in [-0.2, 0) is 4.74 Å². The number of hydrazone groups is 1. The Morgan fingerprint density at radius 3 is 2.92 bits per heavy atom. The molecule has 26 heavy (non-hydrogen) atoms. The Morgan fingerprint density at radius 2 is 2.27 bits per heavy atom. The number of anilines is 2. The second-order valence-corrected chi connectivity index (χ2v) is 6.10. The first-order chi connectivity index (χ1) is 12.5.